The number of rotatable bonds is 5. The minimum atomic E-state index is -0.860. The molecule has 1 aromatic rings. The van der Waals surface area contributed by atoms with Crippen molar-refractivity contribution in [2.45, 2.75) is 25.7 Å². The van der Waals surface area contributed by atoms with Crippen LogP contribution in [-0.2, 0) is 4.79 Å². The van der Waals surface area contributed by atoms with Crippen molar-refractivity contribution in [3.63, 3.8) is 0 Å². The Morgan fingerprint density at radius 1 is 1.42 bits per heavy atom. The monoisotopic (exact) mass is 266 g/mol. The van der Waals surface area contributed by atoms with Crippen LogP contribution < -0.4 is 5.32 Å². The number of hydrogen-bond donors (Lipinski definition) is 2. The minimum Gasteiger partial charge on any atom is -0.481 e. The molecule has 1 heterocycles. The molecule has 2 rings (SSSR count). The number of carbonyl (C=O) groups excluding carboxylic acids is 1. The lowest BCUT2D eigenvalue weighted by Crippen LogP contribution is -2.43. The van der Waals surface area contributed by atoms with E-state index in [1.54, 1.807) is 0 Å². The summed E-state index contributed by atoms with van der Waals surface area (Å²) < 4.78 is 12.9. The molecule has 5 nitrogen and oxygen atoms in total. The van der Waals surface area contributed by atoms with Gasteiger partial charge in [0.1, 0.15) is 5.82 Å². The molecule has 1 aromatic heterocycles. The fourth-order valence-corrected chi connectivity index (χ4v) is 2.32. The van der Waals surface area contributed by atoms with Gasteiger partial charge in [-0.3, -0.25) is 14.6 Å². The van der Waals surface area contributed by atoms with E-state index in [0.717, 1.165) is 31.5 Å². The van der Waals surface area contributed by atoms with E-state index in [9.17, 15) is 14.0 Å². The number of halogens is 1. The van der Waals surface area contributed by atoms with Crippen molar-refractivity contribution in [2.24, 2.45) is 5.41 Å². The number of amides is 1. The molecular weight excluding hydrogens is 251 g/mol. The van der Waals surface area contributed by atoms with Gasteiger partial charge in [0.15, 0.2) is 0 Å². The Morgan fingerprint density at radius 2 is 2.16 bits per heavy atom. The first kappa shape index (κ1) is 13.5. The van der Waals surface area contributed by atoms with Gasteiger partial charge in [-0.2, -0.15) is 0 Å². The van der Waals surface area contributed by atoms with E-state index >= 15 is 0 Å². The molecule has 1 aliphatic carbocycles. The molecule has 0 saturated heterocycles. The lowest BCUT2D eigenvalue weighted by molar-refractivity contribution is -0.141. The highest BCUT2D eigenvalue weighted by atomic mass is 19.1. The van der Waals surface area contributed by atoms with E-state index in [1.807, 2.05) is 0 Å². The summed E-state index contributed by atoms with van der Waals surface area (Å²) >= 11 is 0. The Bertz CT molecular complexity index is 500. The van der Waals surface area contributed by atoms with Crippen molar-refractivity contribution < 1.29 is 19.1 Å². The first-order valence-corrected chi connectivity index (χ1v) is 6.11. The molecule has 1 amide bonds. The van der Waals surface area contributed by atoms with Crippen LogP contribution >= 0.6 is 0 Å². The van der Waals surface area contributed by atoms with E-state index in [-0.39, 0.29) is 17.4 Å². The molecule has 0 bridgehead atoms. The van der Waals surface area contributed by atoms with Crippen molar-refractivity contribution in [3.05, 3.63) is 29.8 Å². The molecule has 102 valence electrons. The Morgan fingerprint density at radius 3 is 2.68 bits per heavy atom. The van der Waals surface area contributed by atoms with Gasteiger partial charge >= 0.3 is 5.97 Å². The van der Waals surface area contributed by atoms with Crippen LogP contribution in [0.1, 0.15) is 36.0 Å². The summed E-state index contributed by atoms with van der Waals surface area (Å²) in [6, 6.07) is 1.10. The van der Waals surface area contributed by atoms with Gasteiger partial charge in [-0.05, 0) is 24.3 Å². The van der Waals surface area contributed by atoms with Crippen molar-refractivity contribution in [3.8, 4) is 0 Å². The Hall–Kier alpha value is -1.98. The van der Waals surface area contributed by atoms with E-state index in [0.29, 0.717) is 6.54 Å². The van der Waals surface area contributed by atoms with Crippen molar-refractivity contribution in [1.82, 2.24) is 10.3 Å². The van der Waals surface area contributed by atoms with Gasteiger partial charge < -0.3 is 10.4 Å². The standard InChI is InChI=1S/C13H15FN2O3/c14-10-4-9(6-15-7-10)12(19)16-8-13(2-1-3-13)5-11(17)18/h4,6-7H,1-3,5,8H2,(H,16,19)(H,17,18). The molecule has 0 radical (unpaired) electrons. The minimum absolute atomic E-state index is 0.0503. The molecule has 1 aliphatic rings. The zero-order valence-corrected chi connectivity index (χ0v) is 10.4. The number of hydrogen-bond acceptors (Lipinski definition) is 3. The largest absolute Gasteiger partial charge is 0.481 e. The van der Waals surface area contributed by atoms with Gasteiger partial charge in [-0.25, -0.2) is 4.39 Å². The van der Waals surface area contributed by atoms with Crippen LogP contribution in [-0.4, -0.2) is 28.5 Å². The number of carboxylic acid groups (broad SMARTS) is 1. The molecule has 1 fully saturated rings. The second-order valence-electron chi connectivity index (χ2n) is 5.00. The van der Waals surface area contributed by atoms with Crippen molar-refractivity contribution >= 4 is 11.9 Å². The SMILES string of the molecule is O=C(O)CC1(CNC(=O)c2cncc(F)c2)CCC1. The number of pyridine rings is 1. The fourth-order valence-electron chi connectivity index (χ4n) is 2.32. The Labute approximate surface area is 109 Å². The third kappa shape index (κ3) is 3.27. The lowest BCUT2D eigenvalue weighted by atomic mass is 9.66. The van der Waals surface area contributed by atoms with Crippen LogP contribution in [0.15, 0.2) is 18.5 Å². The average molecular weight is 266 g/mol. The first-order chi connectivity index (χ1) is 9.01. The topological polar surface area (TPSA) is 79.3 Å². The van der Waals surface area contributed by atoms with Gasteiger partial charge in [-0.1, -0.05) is 6.42 Å². The fraction of sp³-hybridized carbons (Fsp3) is 0.462. The van der Waals surface area contributed by atoms with Crippen LogP contribution in [0.25, 0.3) is 0 Å². The first-order valence-electron chi connectivity index (χ1n) is 6.11. The normalized spacial score (nSPS) is 16.5. The summed E-state index contributed by atoms with van der Waals surface area (Å²) in [4.78, 5) is 26.2. The summed E-state index contributed by atoms with van der Waals surface area (Å²) in [6.45, 7) is 0.300. The Balaban J connectivity index is 1.94. The molecule has 0 atom stereocenters. The molecule has 2 N–H and O–H groups in total. The van der Waals surface area contributed by atoms with Gasteiger partial charge in [-0.15, -0.1) is 0 Å². The maximum Gasteiger partial charge on any atom is 0.303 e. The summed E-state index contributed by atoms with van der Waals surface area (Å²) in [7, 11) is 0. The molecule has 0 spiro atoms. The van der Waals surface area contributed by atoms with Crippen molar-refractivity contribution in [2.75, 3.05) is 6.54 Å². The van der Waals surface area contributed by atoms with Crippen LogP contribution in [0.4, 0.5) is 4.39 Å². The van der Waals surface area contributed by atoms with E-state index in [2.05, 4.69) is 10.3 Å². The summed E-state index contributed by atoms with van der Waals surface area (Å²) in [5.74, 6) is -1.86. The number of carbonyl (C=O) groups is 2. The second-order valence-corrected chi connectivity index (χ2v) is 5.00. The summed E-state index contributed by atoms with van der Waals surface area (Å²) in [5.41, 5.74) is -0.202. The zero-order valence-electron chi connectivity index (χ0n) is 10.4. The predicted octanol–water partition coefficient (Wildman–Crippen LogP) is 1.60. The molecule has 19 heavy (non-hydrogen) atoms. The lowest BCUT2D eigenvalue weighted by Gasteiger charge is -2.40. The molecule has 0 aliphatic heterocycles. The van der Waals surface area contributed by atoms with Gasteiger partial charge in [0.2, 0.25) is 0 Å². The summed E-state index contributed by atoms with van der Waals surface area (Å²) in [6.07, 6.45) is 4.92. The highest BCUT2D eigenvalue weighted by Gasteiger charge is 2.39. The average Bonchev–Trinajstić information content (AvgIpc) is 2.31. The number of nitrogens with one attached hydrogen (secondary N) is 1. The molecule has 6 heteroatoms. The number of nitrogens with zero attached hydrogens (tertiary/aromatic N) is 1. The smallest absolute Gasteiger partial charge is 0.303 e. The maximum absolute atomic E-state index is 12.9. The van der Waals surface area contributed by atoms with Crippen LogP contribution in [0.2, 0.25) is 0 Å². The predicted molar refractivity (Wildman–Crippen MR) is 65.1 cm³/mol. The highest BCUT2D eigenvalue weighted by molar-refractivity contribution is 5.93. The van der Waals surface area contributed by atoms with E-state index in [1.165, 1.54) is 6.20 Å². The molecule has 1 saturated carbocycles. The number of aliphatic carboxylic acids is 1. The molecular formula is C13H15FN2O3. The van der Waals surface area contributed by atoms with E-state index < -0.39 is 17.7 Å². The third-order valence-corrected chi connectivity index (χ3v) is 3.53. The second kappa shape index (κ2) is 5.34. The zero-order chi connectivity index (χ0) is 13.9. The third-order valence-electron chi connectivity index (χ3n) is 3.53. The van der Waals surface area contributed by atoms with Crippen LogP contribution in [0.5, 0.6) is 0 Å². The molecule has 0 unspecified atom stereocenters. The van der Waals surface area contributed by atoms with Crippen LogP contribution in [0.3, 0.4) is 0 Å². The number of aromatic nitrogens is 1. The van der Waals surface area contributed by atoms with Gasteiger partial charge in [0.25, 0.3) is 5.91 Å². The quantitative estimate of drug-likeness (QED) is 0.848. The number of carboxylic acids is 1. The highest BCUT2D eigenvalue weighted by Crippen LogP contribution is 2.43. The summed E-state index contributed by atoms with van der Waals surface area (Å²) in [5, 5.41) is 11.5. The maximum atomic E-state index is 12.9. The van der Waals surface area contributed by atoms with Crippen LogP contribution in [0, 0.1) is 11.2 Å². The molecule has 0 aromatic carbocycles. The Kier molecular flexibility index (Phi) is 3.78. The van der Waals surface area contributed by atoms with E-state index in [4.69, 9.17) is 5.11 Å². The van der Waals surface area contributed by atoms with Gasteiger partial charge in [0, 0.05) is 12.7 Å². The van der Waals surface area contributed by atoms with Gasteiger partial charge in [0.05, 0.1) is 18.2 Å². The van der Waals surface area contributed by atoms with Crippen molar-refractivity contribution in [1.29, 1.82) is 0 Å².